The molecule has 1 aliphatic carbocycles. The maximum absolute atomic E-state index is 11.8. The average Bonchev–Trinajstić information content (AvgIpc) is 2.48. The van der Waals surface area contributed by atoms with Crippen molar-refractivity contribution in [2.24, 2.45) is 0 Å². The van der Waals surface area contributed by atoms with Gasteiger partial charge in [0.1, 0.15) is 5.69 Å². The Bertz CT molecular complexity index is 414. The van der Waals surface area contributed by atoms with Gasteiger partial charge >= 0.3 is 0 Å². The van der Waals surface area contributed by atoms with Crippen LogP contribution in [0.4, 0.5) is 5.69 Å². The van der Waals surface area contributed by atoms with E-state index >= 15 is 0 Å². The quantitative estimate of drug-likeness (QED) is 0.781. The van der Waals surface area contributed by atoms with E-state index in [9.17, 15) is 4.79 Å². The molecule has 0 aliphatic heterocycles. The standard InChI is InChI=1S/C15H23N3O2/c16-12-7-8-14(18-11-12)15(19)17-9-4-10-20-13-5-2-1-3-6-13/h7-8,11,13H,1-6,9-10,16H2,(H,17,19). The summed E-state index contributed by atoms with van der Waals surface area (Å²) in [5.41, 5.74) is 6.48. The fraction of sp³-hybridized carbons (Fsp3) is 0.600. The lowest BCUT2D eigenvalue weighted by Crippen LogP contribution is -2.27. The Morgan fingerprint density at radius 2 is 2.15 bits per heavy atom. The van der Waals surface area contributed by atoms with Crippen molar-refractivity contribution in [3.63, 3.8) is 0 Å². The third kappa shape index (κ3) is 4.81. The Morgan fingerprint density at radius 1 is 1.35 bits per heavy atom. The number of hydrogen-bond acceptors (Lipinski definition) is 4. The Labute approximate surface area is 119 Å². The van der Waals surface area contributed by atoms with Crippen LogP contribution in [-0.4, -0.2) is 30.1 Å². The molecular weight excluding hydrogens is 254 g/mol. The summed E-state index contributed by atoms with van der Waals surface area (Å²) in [7, 11) is 0. The van der Waals surface area contributed by atoms with Gasteiger partial charge in [-0.05, 0) is 31.4 Å². The van der Waals surface area contributed by atoms with Crippen molar-refractivity contribution in [2.45, 2.75) is 44.6 Å². The maximum atomic E-state index is 11.8. The molecule has 1 aromatic rings. The summed E-state index contributed by atoms with van der Waals surface area (Å²) in [5, 5.41) is 2.83. The highest BCUT2D eigenvalue weighted by Crippen LogP contribution is 2.20. The molecule has 0 bridgehead atoms. The number of nitrogens with zero attached hydrogens (tertiary/aromatic N) is 1. The number of nitrogens with one attached hydrogen (secondary N) is 1. The summed E-state index contributed by atoms with van der Waals surface area (Å²) < 4.78 is 5.80. The fourth-order valence-corrected chi connectivity index (χ4v) is 2.39. The number of anilines is 1. The minimum Gasteiger partial charge on any atom is -0.397 e. The predicted molar refractivity (Wildman–Crippen MR) is 78.4 cm³/mol. The highest BCUT2D eigenvalue weighted by molar-refractivity contribution is 5.92. The third-order valence-corrected chi connectivity index (χ3v) is 3.53. The van der Waals surface area contributed by atoms with Crippen LogP contribution in [0.15, 0.2) is 18.3 Å². The first kappa shape index (κ1) is 14.8. The molecule has 1 saturated carbocycles. The highest BCUT2D eigenvalue weighted by Gasteiger charge is 2.13. The van der Waals surface area contributed by atoms with Crippen LogP contribution in [0, 0.1) is 0 Å². The summed E-state index contributed by atoms with van der Waals surface area (Å²) in [6.07, 6.45) is 9.01. The summed E-state index contributed by atoms with van der Waals surface area (Å²) in [5.74, 6) is -0.164. The number of rotatable bonds is 6. The first-order valence-electron chi connectivity index (χ1n) is 7.37. The van der Waals surface area contributed by atoms with Gasteiger partial charge in [-0.25, -0.2) is 4.98 Å². The second-order valence-electron chi connectivity index (χ2n) is 5.22. The van der Waals surface area contributed by atoms with E-state index in [4.69, 9.17) is 10.5 Å². The normalized spacial score (nSPS) is 16.0. The smallest absolute Gasteiger partial charge is 0.269 e. The molecule has 1 heterocycles. The summed E-state index contributed by atoms with van der Waals surface area (Å²) >= 11 is 0. The molecule has 5 nitrogen and oxygen atoms in total. The van der Waals surface area contributed by atoms with Crippen LogP contribution in [0.1, 0.15) is 49.0 Å². The molecule has 1 aromatic heterocycles. The number of pyridine rings is 1. The molecular formula is C15H23N3O2. The molecule has 2 rings (SSSR count). The van der Waals surface area contributed by atoms with Crippen LogP contribution in [0.3, 0.4) is 0 Å². The molecule has 1 aliphatic rings. The number of nitrogens with two attached hydrogens (primary N) is 1. The minimum absolute atomic E-state index is 0.164. The Morgan fingerprint density at radius 3 is 2.85 bits per heavy atom. The average molecular weight is 277 g/mol. The monoisotopic (exact) mass is 277 g/mol. The zero-order chi connectivity index (χ0) is 14.2. The largest absolute Gasteiger partial charge is 0.397 e. The van der Waals surface area contributed by atoms with Crippen molar-refractivity contribution >= 4 is 11.6 Å². The fourth-order valence-electron chi connectivity index (χ4n) is 2.39. The van der Waals surface area contributed by atoms with Gasteiger partial charge < -0.3 is 15.8 Å². The van der Waals surface area contributed by atoms with E-state index < -0.39 is 0 Å². The summed E-state index contributed by atoms with van der Waals surface area (Å²) in [6, 6.07) is 3.30. The van der Waals surface area contributed by atoms with E-state index in [1.165, 1.54) is 38.3 Å². The molecule has 0 radical (unpaired) electrons. The number of carbonyl (C=O) groups excluding carboxylic acids is 1. The highest BCUT2D eigenvalue weighted by atomic mass is 16.5. The van der Waals surface area contributed by atoms with Crippen LogP contribution < -0.4 is 11.1 Å². The van der Waals surface area contributed by atoms with Gasteiger partial charge in [0.05, 0.1) is 18.0 Å². The second kappa shape index (κ2) is 7.85. The first-order chi connectivity index (χ1) is 9.75. The zero-order valence-electron chi connectivity index (χ0n) is 11.8. The predicted octanol–water partition coefficient (Wildman–Crippen LogP) is 2.13. The van der Waals surface area contributed by atoms with E-state index in [-0.39, 0.29) is 5.91 Å². The van der Waals surface area contributed by atoms with Gasteiger partial charge in [0.2, 0.25) is 0 Å². The number of aromatic nitrogens is 1. The molecule has 1 fully saturated rings. The van der Waals surface area contributed by atoms with Crippen molar-refractivity contribution in [3.8, 4) is 0 Å². The number of nitrogen functional groups attached to an aromatic ring is 1. The molecule has 0 saturated heterocycles. The third-order valence-electron chi connectivity index (χ3n) is 3.53. The second-order valence-corrected chi connectivity index (χ2v) is 5.22. The van der Waals surface area contributed by atoms with Crippen molar-refractivity contribution in [2.75, 3.05) is 18.9 Å². The van der Waals surface area contributed by atoms with Gasteiger partial charge in [-0.15, -0.1) is 0 Å². The van der Waals surface area contributed by atoms with Gasteiger partial charge in [-0.2, -0.15) is 0 Å². The number of carbonyl (C=O) groups is 1. The van der Waals surface area contributed by atoms with Crippen LogP contribution in [0.5, 0.6) is 0 Å². The minimum atomic E-state index is -0.164. The van der Waals surface area contributed by atoms with Crippen molar-refractivity contribution < 1.29 is 9.53 Å². The number of amides is 1. The van der Waals surface area contributed by atoms with E-state index in [2.05, 4.69) is 10.3 Å². The van der Waals surface area contributed by atoms with Crippen LogP contribution in [0.25, 0.3) is 0 Å². The first-order valence-corrected chi connectivity index (χ1v) is 7.37. The molecule has 0 unspecified atom stereocenters. The van der Waals surface area contributed by atoms with Crippen LogP contribution >= 0.6 is 0 Å². The topological polar surface area (TPSA) is 77.2 Å². The molecule has 20 heavy (non-hydrogen) atoms. The molecule has 3 N–H and O–H groups in total. The lowest BCUT2D eigenvalue weighted by Gasteiger charge is -2.21. The van der Waals surface area contributed by atoms with E-state index in [0.29, 0.717) is 30.6 Å². The van der Waals surface area contributed by atoms with Gasteiger partial charge in [0.25, 0.3) is 5.91 Å². The van der Waals surface area contributed by atoms with E-state index in [1.807, 2.05) is 0 Å². The number of hydrogen-bond donors (Lipinski definition) is 2. The lowest BCUT2D eigenvalue weighted by atomic mass is 9.98. The van der Waals surface area contributed by atoms with E-state index in [1.54, 1.807) is 12.1 Å². The lowest BCUT2D eigenvalue weighted by molar-refractivity contribution is 0.0273. The van der Waals surface area contributed by atoms with Crippen LogP contribution in [-0.2, 0) is 4.74 Å². The van der Waals surface area contributed by atoms with Gasteiger partial charge in [0, 0.05) is 13.2 Å². The molecule has 0 spiro atoms. The maximum Gasteiger partial charge on any atom is 0.269 e. The van der Waals surface area contributed by atoms with E-state index in [0.717, 1.165) is 6.42 Å². The Hall–Kier alpha value is -1.62. The van der Waals surface area contributed by atoms with Gasteiger partial charge in [-0.1, -0.05) is 19.3 Å². The van der Waals surface area contributed by atoms with Crippen molar-refractivity contribution in [1.29, 1.82) is 0 Å². The van der Waals surface area contributed by atoms with Gasteiger partial charge in [-0.3, -0.25) is 4.79 Å². The van der Waals surface area contributed by atoms with Crippen LogP contribution in [0.2, 0.25) is 0 Å². The Kier molecular flexibility index (Phi) is 5.80. The van der Waals surface area contributed by atoms with Crippen molar-refractivity contribution in [1.82, 2.24) is 10.3 Å². The SMILES string of the molecule is Nc1ccc(C(=O)NCCCOC2CCCCC2)nc1. The Balaban J connectivity index is 1.58. The molecule has 5 heteroatoms. The van der Waals surface area contributed by atoms with Gasteiger partial charge in [0.15, 0.2) is 0 Å². The molecule has 0 atom stereocenters. The molecule has 110 valence electrons. The molecule has 0 aromatic carbocycles. The zero-order valence-corrected chi connectivity index (χ0v) is 11.8. The summed E-state index contributed by atoms with van der Waals surface area (Å²) in [4.78, 5) is 15.7. The molecule has 1 amide bonds. The number of ether oxygens (including phenoxy) is 1. The van der Waals surface area contributed by atoms with Crippen molar-refractivity contribution in [3.05, 3.63) is 24.0 Å². The summed E-state index contributed by atoms with van der Waals surface area (Å²) in [6.45, 7) is 1.32.